The fourth-order valence-corrected chi connectivity index (χ4v) is 2.56. The van der Waals surface area contributed by atoms with Gasteiger partial charge in [-0.1, -0.05) is 21.1 Å². The SMILES string of the molecule is Nc1cc(Br)ccc1-c1nc(CC2CCOC2)no1. The smallest absolute Gasteiger partial charge is 0.260 e. The minimum atomic E-state index is 0.471. The van der Waals surface area contributed by atoms with Gasteiger partial charge in [-0.15, -0.1) is 0 Å². The van der Waals surface area contributed by atoms with Gasteiger partial charge < -0.3 is 15.0 Å². The largest absolute Gasteiger partial charge is 0.398 e. The average molecular weight is 324 g/mol. The van der Waals surface area contributed by atoms with E-state index in [2.05, 4.69) is 26.1 Å². The van der Waals surface area contributed by atoms with Crippen molar-refractivity contribution >= 4 is 21.6 Å². The summed E-state index contributed by atoms with van der Waals surface area (Å²) in [7, 11) is 0. The minimum Gasteiger partial charge on any atom is -0.398 e. The molecule has 0 radical (unpaired) electrons. The number of benzene rings is 1. The van der Waals surface area contributed by atoms with Crippen molar-refractivity contribution in [2.24, 2.45) is 5.92 Å². The van der Waals surface area contributed by atoms with Crippen LogP contribution in [0, 0.1) is 5.92 Å². The van der Waals surface area contributed by atoms with Gasteiger partial charge in [0.15, 0.2) is 5.82 Å². The predicted octanol–water partition coefficient (Wildman–Crippen LogP) is 2.66. The molecule has 1 aromatic heterocycles. The number of anilines is 1. The van der Waals surface area contributed by atoms with Gasteiger partial charge in [-0.25, -0.2) is 0 Å². The number of nitrogens with two attached hydrogens (primary N) is 1. The van der Waals surface area contributed by atoms with Crippen LogP contribution >= 0.6 is 15.9 Å². The molecule has 6 heteroatoms. The quantitative estimate of drug-likeness (QED) is 0.879. The van der Waals surface area contributed by atoms with Crippen molar-refractivity contribution in [1.82, 2.24) is 10.1 Å². The number of nitrogen functional groups attached to an aromatic ring is 1. The Balaban J connectivity index is 1.80. The highest BCUT2D eigenvalue weighted by atomic mass is 79.9. The van der Waals surface area contributed by atoms with Gasteiger partial charge in [0.2, 0.25) is 0 Å². The van der Waals surface area contributed by atoms with Crippen LogP contribution in [0.1, 0.15) is 12.2 Å². The molecule has 1 saturated heterocycles. The van der Waals surface area contributed by atoms with Crippen LogP contribution in [0.3, 0.4) is 0 Å². The van der Waals surface area contributed by atoms with E-state index < -0.39 is 0 Å². The second-order valence-corrected chi connectivity index (χ2v) is 5.60. The Bertz CT molecular complexity index is 579. The molecule has 19 heavy (non-hydrogen) atoms. The number of halogens is 1. The normalized spacial score (nSPS) is 18.9. The fraction of sp³-hybridized carbons (Fsp3) is 0.385. The molecule has 5 nitrogen and oxygen atoms in total. The van der Waals surface area contributed by atoms with Crippen LogP contribution < -0.4 is 5.73 Å². The molecule has 3 rings (SSSR count). The molecule has 2 heterocycles. The van der Waals surface area contributed by atoms with Gasteiger partial charge in [-0.3, -0.25) is 0 Å². The Hall–Kier alpha value is -1.40. The maximum Gasteiger partial charge on any atom is 0.260 e. The molecule has 1 fully saturated rings. The number of hydrogen-bond acceptors (Lipinski definition) is 5. The topological polar surface area (TPSA) is 74.2 Å². The molecule has 2 N–H and O–H groups in total. The van der Waals surface area contributed by atoms with Gasteiger partial charge in [0, 0.05) is 29.8 Å². The highest BCUT2D eigenvalue weighted by Gasteiger charge is 2.20. The van der Waals surface area contributed by atoms with Crippen LogP contribution in [0.25, 0.3) is 11.5 Å². The van der Waals surface area contributed by atoms with Crippen LogP contribution in [-0.2, 0) is 11.2 Å². The second kappa shape index (κ2) is 5.30. The molecule has 100 valence electrons. The lowest BCUT2D eigenvalue weighted by Crippen LogP contribution is -2.04. The van der Waals surface area contributed by atoms with E-state index >= 15 is 0 Å². The highest BCUT2D eigenvalue weighted by molar-refractivity contribution is 9.10. The van der Waals surface area contributed by atoms with Crippen molar-refractivity contribution in [2.45, 2.75) is 12.8 Å². The summed E-state index contributed by atoms with van der Waals surface area (Å²) in [5.41, 5.74) is 7.34. The molecule has 1 aliphatic rings. The summed E-state index contributed by atoms with van der Waals surface area (Å²) in [6.45, 7) is 1.61. The van der Waals surface area contributed by atoms with Gasteiger partial charge in [-0.05, 0) is 30.5 Å². The van der Waals surface area contributed by atoms with Gasteiger partial charge in [-0.2, -0.15) is 4.98 Å². The maximum absolute atomic E-state index is 5.95. The van der Waals surface area contributed by atoms with Crippen molar-refractivity contribution in [3.63, 3.8) is 0 Å². The zero-order valence-electron chi connectivity index (χ0n) is 10.3. The Morgan fingerprint density at radius 2 is 2.32 bits per heavy atom. The van der Waals surface area contributed by atoms with Crippen molar-refractivity contribution in [1.29, 1.82) is 0 Å². The molecule has 1 aliphatic heterocycles. The standard InChI is InChI=1S/C13H14BrN3O2/c14-9-1-2-10(11(15)6-9)13-16-12(17-19-13)5-8-3-4-18-7-8/h1-2,6,8H,3-5,7,15H2. The van der Waals surface area contributed by atoms with E-state index in [4.69, 9.17) is 15.0 Å². The molecule has 1 atom stereocenters. The van der Waals surface area contributed by atoms with E-state index in [9.17, 15) is 0 Å². The molecule has 0 amide bonds. The monoisotopic (exact) mass is 323 g/mol. The van der Waals surface area contributed by atoms with E-state index in [1.54, 1.807) is 0 Å². The lowest BCUT2D eigenvalue weighted by atomic mass is 10.1. The fourth-order valence-electron chi connectivity index (χ4n) is 2.18. The summed E-state index contributed by atoms with van der Waals surface area (Å²) in [5.74, 6) is 1.68. The summed E-state index contributed by atoms with van der Waals surface area (Å²) < 4.78 is 11.6. The second-order valence-electron chi connectivity index (χ2n) is 4.68. The first-order valence-corrected chi connectivity index (χ1v) is 6.97. The number of nitrogens with zero attached hydrogens (tertiary/aromatic N) is 2. The summed E-state index contributed by atoms with van der Waals surface area (Å²) in [4.78, 5) is 4.41. The van der Waals surface area contributed by atoms with E-state index in [0.717, 1.165) is 36.1 Å². The summed E-state index contributed by atoms with van der Waals surface area (Å²) >= 11 is 3.37. The van der Waals surface area contributed by atoms with Gasteiger partial charge >= 0.3 is 0 Å². The first-order valence-electron chi connectivity index (χ1n) is 6.18. The molecule has 1 unspecified atom stereocenters. The summed E-state index contributed by atoms with van der Waals surface area (Å²) in [6, 6.07) is 5.60. The number of ether oxygens (including phenoxy) is 1. The zero-order chi connectivity index (χ0) is 13.2. The molecule has 0 spiro atoms. The third kappa shape index (κ3) is 2.79. The molecular weight excluding hydrogens is 310 g/mol. The number of aromatic nitrogens is 2. The molecule has 1 aromatic carbocycles. The number of hydrogen-bond donors (Lipinski definition) is 1. The van der Waals surface area contributed by atoms with E-state index in [1.807, 2.05) is 18.2 Å². The van der Waals surface area contributed by atoms with Crippen LogP contribution in [0.5, 0.6) is 0 Å². The average Bonchev–Trinajstić information content (AvgIpc) is 3.01. The zero-order valence-corrected chi connectivity index (χ0v) is 11.9. The van der Waals surface area contributed by atoms with E-state index in [-0.39, 0.29) is 0 Å². The molecule has 0 aliphatic carbocycles. The molecular formula is C13H14BrN3O2. The molecule has 0 saturated carbocycles. The Morgan fingerprint density at radius 3 is 3.05 bits per heavy atom. The number of rotatable bonds is 3. The minimum absolute atomic E-state index is 0.471. The van der Waals surface area contributed by atoms with Crippen molar-refractivity contribution in [3.8, 4) is 11.5 Å². The van der Waals surface area contributed by atoms with Crippen molar-refractivity contribution in [2.75, 3.05) is 18.9 Å². The summed E-state index contributed by atoms with van der Waals surface area (Å²) in [5, 5.41) is 4.01. The molecule has 2 aromatic rings. The van der Waals surface area contributed by atoms with E-state index in [1.165, 1.54) is 0 Å². The van der Waals surface area contributed by atoms with Crippen LogP contribution in [-0.4, -0.2) is 23.4 Å². The first-order chi connectivity index (χ1) is 9.22. The van der Waals surface area contributed by atoms with Gasteiger partial charge in [0.25, 0.3) is 5.89 Å². The highest BCUT2D eigenvalue weighted by Crippen LogP contribution is 2.28. The van der Waals surface area contributed by atoms with Gasteiger partial charge in [0.1, 0.15) is 0 Å². The third-order valence-corrected chi connectivity index (χ3v) is 3.70. The Kier molecular flexibility index (Phi) is 3.52. The Labute approximate surface area is 119 Å². The van der Waals surface area contributed by atoms with Crippen LogP contribution in [0.2, 0.25) is 0 Å². The van der Waals surface area contributed by atoms with E-state index in [0.29, 0.717) is 23.3 Å². The van der Waals surface area contributed by atoms with Crippen molar-refractivity contribution in [3.05, 3.63) is 28.5 Å². The lowest BCUT2D eigenvalue weighted by molar-refractivity contribution is 0.185. The van der Waals surface area contributed by atoms with Crippen LogP contribution in [0.15, 0.2) is 27.2 Å². The van der Waals surface area contributed by atoms with Crippen molar-refractivity contribution < 1.29 is 9.26 Å². The lowest BCUT2D eigenvalue weighted by Gasteiger charge is -2.01. The third-order valence-electron chi connectivity index (χ3n) is 3.21. The Morgan fingerprint density at radius 1 is 1.42 bits per heavy atom. The maximum atomic E-state index is 5.95. The summed E-state index contributed by atoms with van der Waals surface area (Å²) in [6.07, 6.45) is 1.85. The first kappa shape index (κ1) is 12.6. The van der Waals surface area contributed by atoms with Crippen LogP contribution in [0.4, 0.5) is 5.69 Å². The van der Waals surface area contributed by atoms with Gasteiger partial charge in [0.05, 0.1) is 5.56 Å². The predicted molar refractivity (Wildman–Crippen MR) is 74.5 cm³/mol. The molecule has 0 bridgehead atoms.